The summed E-state index contributed by atoms with van der Waals surface area (Å²) < 4.78 is 5.96. The van der Waals surface area contributed by atoms with Gasteiger partial charge in [0.25, 0.3) is 0 Å². The highest BCUT2D eigenvalue weighted by molar-refractivity contribution is 8.04. The second-order valence-electron chi connectivity index (χ2n) is 6.19. The molecule has 0 aromatic heterocycles. The van der Waals surface area contributed by atoms with Crippen LogP contribution in [0.2, 0.25) is 0 Å². The molecule has 1 aliphatic heterocycles. The molecule has 27 heavy (non-hydrogen) atoms. The van der Waals surface area contributed by atoms with Crippen LogP contribution in [0.1, 0.15) is 0 Å². The molecule has 1 nitrogen and oxygen atoms in total. The molecule has 1 heterocycles. The van der Waals surface area contributed by atoms with Gasteiger partial charge < -0.3 is 4.74 Å². The molecule has 0 spiro atoms. The van der Waals surface area contributed by atoms with E-state index < -0.39 is 0 Å². The predicted octanol–water partition coefficient (Wildman–Crippen LogP) is 7.04. The van der Waals surface area contributed by atoms with Crippen LogP contribution in [0.3, 0.4) is 0 Å². The van der Waals surface area contributed by atoms with E-state index in [4.69, 9.17) is 4.74 Å². The highest BCUT2D eigenvalue weighted by Crippen LogP contribution is 2.48. The van der Waals surface area contributed by atoms with E-state index in [2.05, 4.69) is 72.8 Å². The van der Waals surface area contributed by atoms with Gasteiger partial charge in [-0.25, -0.2) is 0 Å². The molecule has 1 aliphatic rings. The lowest BCUT2D eigenvalue weighted by Gasteiger charge is -2.18. The Kier molecular flexibility index (Phi) is 4.40. The predicted molar refractivity (Wildman–Crippen MR) is 112 cm³/mol. The molecule has 0 atom stereocenters. The van der Waals surface area contributed by atoms with Crippen molar-refractivity contribution in [3.63, 3.8) is 0 Å². The molecule has 0 saturated carbocycles. The van der Waals surface area contributed by atoms with E-state index in [1.165, 1.54) is 24.5 Å². The summed E-state index contributed by atoms with van der Waals surface area (Å²) in [5, 5.41) is 0. The molecule has 4 aromatic rings. The maximum Gasteiger partial charge on any atom is 0.180 e. The first-order valence-corrected chi connectivity index (χ1v) is 10.9. The van der Waals surface area contributed by atoms with Crippen molar-refractivity contribution >= 4 is 22.7 Å². The van der Waals surface area contributed by atoms with Crippen molar-refractivity contribution in [2.75, 3.05) is 0 Å². The maximum atomic E-state index is 5.96. The zero-order valence-electron chi connectivity index (χ0n) is 14.5. The second-order valence-corrected chi connectivity index (χ2v) is 9.24. The van der Waals surface area contributed by atoms with Crippen molar-refractivity contribution in [3.8, 4) is 11.5 Å². The van der Waals surface area contributed by atoms with Gasteiger partial charge in [0.05, 0.1) is 9.79 Å². The Morgan fingerprint density at radius 1 is 0.519 bits per heavy atom. The largest absolute Gasteiger partial charge is 0.457 e. The van der Waals surface area contributed by atoms with Gasteiger partial charge in [-0.3, -0.25) is 0 Å². The molecule has 0 fully saturated rings. The third-order valence-corrected chi connectivity index (χ3v) is 8.14. The lowest BCUT2D eigenvalue weighted by Crippen LogP contribution is -2.10. The molecule has 3 heteroatoms. The Morgan fingerprint density at radius 2 is 1.04 bits per heavy atom. The molecule has 130 valence electrons. The third kappa shape index (κ3) is 3.25. The molecule has 4 aromatic carbocycles. The van der Waals surface area contributed by atoms with Crippen molar-refractivity contribution < 1.29 is 4.74 Å². The fourth-order valence-corrected chi connectivity index (χ4v) is 6.90. The van der Waals surface area contributed by atoms with E-state index in [9.17, 15) is 0 Å². The van der Waals surface area contributed by atoms with Crippen molar-refractivity contribution in [3.05, 3.63) is 103 Å². The van der Waals surface area contributed by atoms with Crippen LogP contribution in [-0.4, -0.2) is 0 Å². The summed E-state index contributed by atoms with van der Waals surface area (Å²) in [7, 11) is -0.0890. The summed E-state index contributed by atoms with van der Waals surface area (Å²) in [6, 6.07) is 35.9. The fraction of sp³-hybridized carbons (Fsp3) is 0. The minimum Gasteiger partial charge on any atom is -0.457 e. The van der Waals surface area contributed by atoms with Gasteiger partial charge in [-0.05, 0) is 60.7 Å². The lowest BCUT2D eigenvalue weighted by molar-refractivity contribution is 0.482. The lowest BCUT2D eigenvalue weighted by atomic mass is 10.3. The monoisotopic (exact) mass is 385 g/mol. The zero-order chi connectivity index (χ0) is 18.1. The molecule has 0 radical (unpaired) electrons. The molecule has 5 rings (SSSR count). The van der Waals surface area contributed by atoms with Crippen LogP contribution in [0.4, 0.5) is 0 Å². The first-order valence-electron chi connectivity index (χ1n) is 8.82. The quantitative estimate of drug-likeness (QED) is 0.308. The number of para-hydroxylation sites is 1. The average Bonchev–Trinajstić information content (AvgIpc) is 2.73. The minimum atomic E-state index is -0.0890. The van der Waals surface area contributed by atoms with E-state index in [-0.39, 0.29) is 10.9 Å². The zero-order valence-corrected chi connectivity index (χ0v) is 16.2. The van der Waals surface area contributed by atoms with Crippen molar-refractivity contribution in [1.82, 2.24) is 0 Å². The topological polar surface area (TPSA) is 9.23 Å². The smallest absolute Gasteiger partial charge is 0.180 e. The fourth-order valence-electron chi connectivity index (χ4n) is 3.17. The number of fused-ring (bicyclic) bond motifs is 2. The van der Waals surface area contributed by atoms with Crippen molar-refractivity contribution in [2.45, 2.75) is 24.5 Å². The van der Waals surface area contributed by atoms with Gasteiger partial charge in [0.1, 0.15) is 22.4 Å². The first-order chi connectivity index (χ1) is 13.4. The summed E-state index contributed by atoms with van der Waals surface area (Å²) in [6.07, 6.45) is 0. The molecular formula is C24H17OS2+. The molecule has 0 amide bonds. The third-order valence-electron chi connectivity index (χ3n) is 4.40. The van der Waals surface area contributed by atoms with Gasteiger partial charge in [0, 0.05) is 0 Å². The standard InChI is InChI=1S/C24H17OS2/c1-2-8-18(9-3-1)25-19-14-16-20(17-15-19)27-23-12-6-4-10-21(23)26-22-11-5-7-13-24(22)27/h1-17H/q+1. The number of benzene rings is 4. The van der Waals surface area contributed by atoms with Gasteiger partial charge >= 0.3 is 0 Å². The second kappa shape index (κ2) is 7.18. The number of rotatable bonds is 3. The van der Waals surface area contributed by atoms with Crippen LogP contribution in [0.15, 0.2) is 128 Å². The van der Waals surface area contributed by atoms with Crippen LogP contribution in [-0.2, 0) is 10.9 Å². The van der Waals surface area contributed by atoms with Crippen molar-refractivity contribution in [2.24, 2.45) is 0 Å². The molecule has 0 bridgehead atoms. The summed E-state index contributed by atoms with van der Waals surface area (Å²) >= 11 is 1.87. The number of hydrogen-bond acceptors (Lipinski definition) is 2. The van der Waals surface area contributed by atoms with E-state index in [0.717, 1.165) is 11.5 Å². The number of hydrogen-bond donors (Lipinski definition) is 0. The highest BCUT2D eigenvalue weighted by atomic mass is 32.2. The van der Waals surface area contributed by atoms with E-state index in [1.807, 2.05) is 42.1 Å². The average molecular weight is 386 g/mol. The highest BCUT2D eigenvalue weighted by Gasteiger charge is 2.37. The molecular weight excluding hydrogens is 368 g/mol. The number of ether oxygens (including phenoxy) is 1. The first kappa shape index (κ1) is 16.5. The molecule has 0 saturated heterocycles. The Morgan fingerprint density at radius 3 is 1.67 bits per heavy atom. The van der Waals surface area contributed by atoms with Crippen LogP contribution in [0, 0.1) is 0 Å². The molecule has 0 unspecified atom stereocenters. The van der Waals surface area contributed by atoms with E-state index >= 15 is 0 Å². The van der Waals surface area contributed by atoms with Gasteiger partial charge in [0.2, 0.25) is 0 Å². The van der Waals surface area contributed by atoms with Crippen molar-refractivity contribution in [1.29, 1.82) is 0 Å². The van der Waals surface area contributed by atoms with Crippen LogP contribution >= 0.6 is 11.8 Å². The summed E-state index contributed by atoms with van der Waals surface area (Å²) in [5.74, 6) is 1.72. The summed E-state index contributed by atoms with van der Waals surface area (Å²) in [5.41, 5.74) is 0. The van der Waals surface area contributed by atoms with E-state index in [1.54, 1.807) is 0 Å². The maximum absolute atomic E-state index is 5.96. The molecule has 0 N–H and O–H groups in total. The van der Waals surface area contributed by atoms with Crippen LogP contribution < -0.4 is 4.74 Å². The van der Waals surface area contributed by atoms with Gasteiger partial charge in [-0.2, -0.15) is 0 Å². The minimum absolute atomic E-state index is 0.0890. The SMILES string of the molecule is c1ccc(Oc2ccc([S+]3c4ccccc4Sc4ccccc43)cc2)cc1. The normalized spacial score (nSPS) is 12.9. The Balaban J connectivity index is 1.53. The Hall–Kier alpha value is -2.62. The Bertz CT molecular complexity index is 1030. The molecule has 0 aliphatic carbocycles. The van der Waals surface area contributed by atoms with Gasteiger partial charge in [-0.15, -0.1) is 0 Å². The van der Waals surface area contributed by atoms with Crippen LogP contribution in [0.5, 0.6) is 11.5 Å². The van der Waals surface area contributed by atoms with Gasteiger partial charge in [0.15, 0.2) is 14.7 Å². The van der Waals surface area contributed by atoms with Crippen LogP contribution in [0.25, 0.3) is 0 Å². The summed E-state index contributed by atoms with van der Waals surface area (Å²) in [4.78, 5) is 6.82. The Labute approximate surface area is 166 Å². The summed E-state index contributed by atoms with van der Waals surface area (Å²) in [6.45, 7) is 0. The van der Waals surface area contributed by atoms with E-state index in [0.29, 0.717) is 0 Å². The van der Waals surface area contributed by atoms with Gasteiger partial charge in [-0.1, -0.05) is 54.2 Å².